The molecule has 5 heteroatoms. The number of rotatable bonds is 2. The lowest BCUT2D eigenvalue weighted by Crippen LogP contribution is -2.64. The molecular weight excluding hydrogens is 242 g/mol. The molecule has 2 N–H and O–H groups in total. The molecule has 1 aliphatic carbocycles. The highest BCUT2D eigenvalue weighted by Crippen LogP contribution is 2.51. The number of hydrogen-bond donors (Lipinski definition) is 1. The summed E-state index contributed by atoms with van der Waals surface area (Å²) in [5.41, 5.74) is 4.78. The maximum atomic E-state index is 12.2. The van der Waals surface area contributed by atoms with Gasteiger partial charge in [-0.25, -0.2) is 4.79 Å². The van der Waals surface area contributed by atoms with Crippen molar-refractivity contribution in [3.63, 3.8) is 0 Å². The number of amides is 2. The molecule has 0 aromatic rings. The molecule has 3 aliphatic rings. The van der Waals surface area contributed by atoms with Crippen LogP contribution in [0.15, 0.2) is 4.99 Å². The molecule has 1 saturated carbocycles. The second kappa shape index (κ2) is 3.51. The molecule has 3 rings (SSSR count). The van der Waals surface area contributed by atoms with Crippen molar-refractivity contribution in [3.05, 3.63) is 0 Å². The number of urea groups is 1. The number of amidine groups is 1. The van der Waals surface area contributed by atoms with Gasteiger partial charge in [0.1, 0.15) is 11.4 Å². The fourth-order valence-corrected chi connectivity index (χ4v) is 3.81. The van der Waals surface area contributed by atoms with Crippen molar-refractivity contribution >= 4 is 11.9 Å². The first kappa shape index (κ1) is 12.9. The zero-order valence-corrected chi connectivity index (χ0v) is 12.2. The van der Waals surface area contributed by atoms with Crippen LogP contribution in [0.3, 0.4) is 0 Å². The molecule has 1 saturated heterocycles. The molecule has 2 heterocycles. The first-order chi connectivity index (χ1) is 8.68. The van der Waals surface area contributed by atoms with Gasteiger partial charge in [0.2, 0.25) is 0 Å². The summed E-state index contributed by atoms with van der Waals surface area (Å²) in [6.45, 7) is 8.89. The van der Waals surface area contributed by atoms with Crippen LogP contribution in [-0.2, 0) is 4.74 Å². The fraction of sp³-hybridized carbons (Fsp3) is 0.857. The van der Waals surface area contributed by atoms with Crippen LogP contribution < -0.4 is 5.73 Å². The monoisotopic (exact) mass is 265 g/mol. The van der Waals surface area contributed by atoms with E-state index in [1.807, 2.05) is 18.7 Å². The van der Waals surface area contributed by atoms with Gasteiger partial charge in [0.25, 0.3) is 0 Å². The molecule has 5 nitrogen and oxygen atoms in total. The smallest absolute Gasteiger partial charge is 0.346 e. The minimum atomic E-state index is -0.573. The van der Waals surface area contributed by atoms with Crippen molar-refractivity contribution in [3.8, 4) is 0 Å². The van der Waals surface area contributed by atoms with Gasteiger partial charge in [0.15, 0.2) is 0 Å². The van der Waals surface area contributed by atoms with E-state index in [4.69, 9.17) is 10.5 Å². The van der Waals surface area contributed by atoms with Crippen LogP contribution in [0.4, 0.5) is 4.79 Å². The van der Waals surface area contributed by atoms with Gasteiger partial charge in [-0.3, -0.25) is 0 Å². The van der Waals surface area contributed by atoms with Crippen LogP contribution in [0.1, 0.15) is 47.0 Å². The van der Waals surface area contributed by atoms with E-state index in [9.17, 15) is 4.79 Å². The van der Waals surface area contributed by atoms with Gasteiger partial charge in [0, 0.05) is 13.0 Å². The highest BCUT2D eigenvalue weighted by molar-refractivity contribution is 6.07. The van der Waals surface area contributed by atoms with Gasteiger partial charge in [-0.2, -0.15) is 4.99 Å². The number of ether oxygens (including phenoxy) is 1. The predicted molar refractivity (Wildman–Crippen MR) is 73.0 cm³/mol. The number of nitrogens with zero attached hydrogens (tertiary/aromatic N) is 2. The topological polar surface area (TPSA) is 67.9 Å². The summed E-state index contributed by atoms with van der Waals surface area (Å²) in [6.07, 6.45) is 3.11. The van der Waals surface area contributed by atoms with Crippen molar-refractivity contribution in [2.75, 3.05) is 6.54 Å². The fourth-order valence-electron chi connectivity index (χ4n) is 3.81. The van der Waals surface area contributed by atoms with E-state index >= 15 is 0 Å². The molecule has 1 unspecified atom stereocenters. The van der Waals surface area contributed by atoms with Crippen LogP contribution in [0.2, 0.25) is 0 Å². The average molecular weight is 265 g/mol. The first-order valence-electron chi connectivity index (χ1n) is 7.04. The summed E-state index contributed by atoms with van der Waals surface area (Å²) >= 11 is 0. The van der Waals surface area contributed by atoms with E-state index in [2.05, 4.69) is 18.8 Å². The Bertz CT molecular complexity index is 465. The van der Waals surface area contributed by atoms with Gasteiger partial charge in [-0.1, -0.05) is 0 Å². The van der Waals surface area contributed by atoms with Gasteiger partial charge in [0.05, 0.1) is 11.2 Å². The molecule has 0 bridgehead atoms. The largest absolute Gasteiger partial charge is 0.385 e. The molecule has 0 aromatic carbocycles. The van der Waals surface area contributed by atoms with Crippen molar-refractivity contribution in [2.24, 2.45) is 16.6 Å². The predicted octanol–water partition coefficient (Wildman–Crippen LogP) is 1.91. The van der Waals surface area contributed by atoms with Crippen LogP contribution in [-0.4, -0.2) is 40.1 Å². The maximum Gasteiger partial charge on any atom is 0.346 e. The first-order valence-corrected chi connectivity index (χ1v) is 7.04. The third-order valence-corrected chi connectivity index (χ3v) is 4.68. The van der Waals surface area contributed by atoms with Gasteiger partial charge >= 0.3 is 6.03 Å². The van der Waals surface area contributed by atoms with Gasteiger partial charge < -0.3 is 15.4 Å². The summed E-state index contributed by atoms with van der Waals surface area (Å²) in [7, 11) is 0. The molecule has 2 amide bonds. The Kier molecular flexibility index (Phi) is 2.38. The van der Waals surface area contributed by atoms with E-state index in [0.717, 1.165) is 6.54 Å². The second-order valence-corrected chi connectivity index (χ2v) is 7.24. The van der Waals surface area contributed by atoms with Crippen LogP contribution >= 0.6 is 0 Å². The second-order valence-electron chi connectivity index (χ2n) is 7.24. The zero-order chi connectivity index (χ0) is 14.1. The van der Waals surface area contributed by atoms with Crippen LogP contribution in [0, 0.1) is 5.92 Å². The summed E-state index contributed by atoms with van der Waals surface area (Å²) in [6, 6.07) is -0.196. The normalized spacial score (nSPS) is 36.1. The summed E-state index contributed by atoms with van der Waals surface area (Å²) in [5.74, 6) is 1.04. The Morgan fingerprint density at radius 2 is 2.00 bits per heavy atom. The molecule has 0 aromatic heterocycles. The van der Waals surface area contributed by atoms with Crippen molar-refractivity contribution in [1.82, 2.24) is 4.90 Å². The Morgan fingerprint density at radius 1 is 1.37 bits per heavy atom. The molecule has 106 valence electrons. The average Bonchev–Trinajstić information content (AvgIpc) is 2.96. The standard InChI is InChI=1S/C14H23N3O2/c1-12(2)8-14(13(3,4)19-12)10(15)16-11(18)17(14)7-9-5-6-9/h9H,5-8H2,1-4H3,(H2,15,16,18). The van der Waals surface area contributed by atoms with E-state index in [-0.39, 0.29) is 11.6 Å². The van der Waals surface area contributed by atoms with Crippen molar-refractivity contribution < 1.29 is 9.53 Å². The molecule has 2 aliphatic heterocycles. The highest BCUT2D eigenvalue weighted by Gasteiger charge is 2.66. The highest BCUT2D eigenvalue weighted by atomic mass is 16.5. The number of carbonyl (C=O) groups is 1. The lowest BCUT2D eigenvalue weighted by molar-refractivity contribution is -0.0845. The third kappa shape index (κ3) is 1.71. The molecule has 19 heavy (non-hydrogen) atoms. The third-order valence-electron chi connectivity index (χ3n) is 4.68. The summed E-state index contributed by atoms with van der Waals surface area (Å²) in [5, 5.41) is 0. The summed E-state index contributed by atoms with van der Waals surface area (Å²) in [4.78, 5) is 18.1. The molecule has 1 spiro atoms. The van der Waals surface area contributed by atoms with Crippen molar-refractivity contribution in [2.45, 2.75) is 63.7 Å². The number of carbonyl (C=O) groups excluding carboxylic acids is 1. The minimum absolute atomic E-state index is 0.196. The van der Waals surface area contributed by atoms with Gasteiger partial charge in [-0.05, 0) is 46.5 Å². The Balaban J connectivity index is 2.03. The zero-order valence-electron chi connectivity index (χ0n) is 12.2. The molecular formula is C14H23N3O2. The number of hydrogen-bond acceptors (Lipinski definition) is 3. The Hall–Kier alpha value is -1.10. The van der Waals surface area contributed by atoms with E-state index in [1.54, 1.807) is 0 Å². The quantitative estimate of drug-likeness (QED) is 0.829. The van der Waals surface area contributed by atoms with Crippen molar-refractivity contribution in [1.29, 1.82) is 0 Å². The summed E-state index contributed by atoms with van der Waals surface area (Å²) < 4.78 is 6.17. The molecule has 1 atom stereocenters. The van der Waals surface area contributed by atoms with Crippen LogP contribution in [0.5, 0.6) is 0 Å². The number of nitrogens with two attached hydrogens (primary N) is 1. The lowest BCUT2D eigenvalue weighted by atomic mass is 9.77. The van der Waals surface area contributed by atoms with E-state index in [1.165, 1.54) is 12.8 Å². The van der Waals surface area contributed by atoms with E-state index in [0.29, 0.717) is 18.2 Å². The minimum Gasteiger partial charge on any atom is -0.385 e. The Morgan fingerprint density at radius 3 is 2.47 bits per heavy atom. The SMILES string of the molecule is CC1(C)CC2(C(N)=NC(=O)N2CC2CC2)C(C)(C)O1. The molecule has 2 fully saturated rings. The van der Waals surface area contributed by atoms with Crippen LogP contribution in [0.25, 0.3) is 0 Å². The number of aliphatic imine (C=N–C) groups is 1. The maximum absolute atomic E-state index is 12.2. The van der Waals surface area contributed by atoms with Gasteiger partial charge in [-0.15, -0.1) is 0 Å². The molecule has 0 radical (unpaired) electrons. The lowest BCUT2D eigenvalue weighted by Gasteiger charge is -2.43. The Labute approximate surface area is 114 Å². The van der Waals surface area contributed by atoms with E-state index < -0.39 is 11.1 Å².